The number of carbonyl (C=O) groups excluding carboxylic acids is 2. The Morgan fingerprint density at radius 1 is 0.406 bits per heavy atom. The average Bonchev–Trinajstić information content (AvgIpc) is 3.26. The van der Waals surface area contributed by atoms with Crippen molar-refractivity contribution >= 4 is 11.9 Å². The maximum Gasteiger partial charge on any atom is 0.311 e. The van der Waals surface area contributed by atoms with Gasteiger partial charge in [-0.1, -0.05) is 169 Å². The van der Waals surface area contributed by atoms with Crippen LogP contribution in [0.15, 0.2) is 0 Å². The highest BCUT2D eigenvalue weighted by Gasteiger charge is 2.49. The summed E-state index contributed by atoms with van der Waals surface area (Å²) in [5, 5.41) is 65.6. The summed E-state index contributed by atoms with van der Waals surface area (Å²) >= 11 is 0. The van der Waals surface area contributed by atoms with Crippen molar-refractivity contribution in [1.29, 1.82) is 0 Å². The van der Waals surface area contributed by atoms with Crippen LogP contribution in [0.1, 0.15) is 196 Å². The van der Waals surface area contributed by atoms with Crippen LogP contribution in [0.5, 0.6) is 0 Å². The van der Waals surface area contributed by atoms with Gasteiger partial charge in [-0.25, -0.2) is 0 Å². The summed E-state index contributed by atoms with van der Waals surface area (Å²) in [4.78, 5) is 27.3. The third kappa shape index (κ3) is 20.4. The molecule has 4 bridgehead atoms. The number of carbonyl (C=O) groups is 2. The standard InChI is InChI=1S/C50H92O14/c1-33(2)27-23-19-15-11-7-9-13-17-21-25-29-37-35(5)47(57)59-31-40-42(52)44(54)46(56)50(64-40)62-38(30-26-22-18-14-10-8-12-16-20-24-28-34(3)4)36(6)48(58)60-32-39-41(51)43(53)45(55)49(61-37)63-39/h33-46,49-56H,7-32H2,1-6H3/t35-,36-,37-,38+,39-,40-,41-,42-,43+,44+,45-,46-,49-,50-/m1/s1. The van der Waals surface area contributed by atoms with E-state index < -0.39 is 111 Å². The van der Waals surface area contributed by atoms with Gasteiger partial charge in [0.1, 0.15) is 62.0 Å². The van der Waals surface area contributed by atoms with E-state index in [1.165, 1.54) is 77.0 Å². The minimum Gasteiger partial charge on any atom is -0.463 e. The lowest BCUT2D eigenvalue weighted by atomic mass is 9.95. The van der Waals surface area contributed by atoms with Crippen molar-refractivity contribution in [1.82, 2.24) is 0 Å². The molecule has 0 amide bonds. The van der Waals surface area contributed by atoms with Gasteiger partial charge in [0.2, 0.25) is 0 Å². The maximum absolute atomic E-state index is 13.6. The Morgan fingerprint density at radius 2 is 0.688 bits per heavy atom. The summed E-state index contributed by atoms with van der Waals surface area (Å²) in [7, 11) is 0. The molecule has 6 N–H and O–H groups in total. The Balaban J connectivity index is 1.65. The lowest BCUT2D eigenvalue weighted by molar-refractivity contribution is -0.320. The second-order valence-corrected chi connectivity index (χ2v) is 20.2. The number of hydrogen-bond donors (Lipinski definition) is 6. The minimum absolute atomic E-state index is 0.387. The van der Waals surface area contributed by atoms with E-state index in [1.807, 2.05) is 0 Å². The predicted molar refractivity (Wildman–Crippen MR) is 244 cm³/mol. The molecule has 0 radical (unpaired) electrons. The zero-order chi connectivity index (χ0) is 47.0. The van der Waals surface area contributed by atoms with Crippen LogP contribution in [-0.2, 0) is 38.0 Å². The molecule has 14 atom stereocenters. The van der Waals surface area contributed by atoms with Crippen LogP contribution in [0.2, 0.25) is 0 Å². The molecule has 0 aromatic heterocycles. The zero-order valence-corrected chi connectivity index (χ0v) is 40.6. The van der Waals surface area contributed by atoms with Gasteiger partial charge in [-0.05, 0) is 38.5 Å². The molecule has 14 heteroatoms. The number of fused-ring (bicyclic) bond motifs is 4. The monoisotopic (exact) mass is 917 g/mol. The summed E-state index contributed by atoms with van der Waals surface area (Å²) in [5.74, 6) is -1.72. The third-order valence-corrected chi connectivity index (χ3v) is 13.6. The van der Waals surface area contributed by atoms with Crippen LogP contribution in [0.4, 0.5) is 0 Å². The highest BCUT2D eigenvalue weighted by Crippen LogP contribution is 2.31. The smallest absolute Gasteiger partial charge is 0.311 e. The van der Waals surface area contributed by atoms with Crippen LogP contribution >= 0.6 is 0 Å². The lowest BCUT2D eigenvalue weighted by Gasteiger charge is -2.43. The molecule has 0 unspecified atom stereocenters. The van der Waals surface area contributed by atoms with E-state index in [0.717, 1.165) is 63.2 Å². The highest BCUT2D eigenvalue weighted by atomic mass is 16.7. The van der Waals surface area contributed by atoms with Gasteiger partial charge < -0.3 is 59.1 Å². The Bertz CT molecular complexity index is 1140. The average molecular weight is 917 g/mol. The van der Waals surface area contributed by atoms with Gasteiger partial charge in [-0.3, -0.25) is 9.59 Å². The van der Waals surface area contributed by atoms with Crippen molar-refractivity contribution in [3.8, 4) is 0 Å². The van der Waals surface area contributed by atoms with E-state index in [-0.39, 0.29) is 0 Å². The molecule has 3 aliphatic rings. The van der Waals surface area contributed by atoms with E-state index in [1.54, 1.807) is 13.8 Å². The van der Waals surface area contributed by atoms with Gasteiger partial charge in [0, 0.05) is 0 Å². The van der Waals surface area contributed by atoms with Gasteiger partial charge in [-0.15, -0.1) is 0 Å². The van der Waals surface area contributed by atoms with Gasteiger partial charge in [0.25, 0.3) is 0 Å². The van der Waals surface area contributed by atoms with Crippen LogP contribution in [0.3, 0.4) is 0 Å². The fourth-order valence-corrected chi connectivity index (χ4v) is 9.07. The number of hydrogen-bond acceptors (Lipinski definition) is 14. The molecule has 0 aliphatic carbocycles. The van der Waals surface area contributed by atoms with Gasteiger partial charge in [0.05, 0.1) is 24.0 Å². The number of aliphatic hydroxyl groups excluding tert-OH is 6. The molecule has 376 valence electrons. The molecule has 3 heterocycles. The van der Waals surface area contributed by atoms with E-state index >= 15 is 0 Å². The molecular formula is C50H92O14. The van der Waals surface area contributed by atoms with E-state index in [9.17, 15) is 40.2 Å². The van der Waals surface area contributed by atoms with E-state index in [2.05, 4.69) is 27.7 Å². The summed E-state index contributed by atoms with van der Waals surface area (Å²) in [6, 6.07) is 0. The molecule has 0 spiro atoms. The predicted octanol–water partition coefficient (Wildman–Crippen LogP) is 7.42. The van der Waals surface area contributed by atoms with Crippen LogP contribution in [0.25, 0.3) is 0 Å². The molecule has 3 aliphatic heterocycles. The van der Waals surface area contributed by atoms with Crippen molar-refractivity contribution in [2.24, 2.45) is 23.7 Å². The van der Waals surface area contributed by atoms with E-state index in [4.69, 9.17) is 28.4 Å². The first-order valence-corrected chi connectivity index (χ1v) is 25.7. The van der Waals surface area contributed by atoms with Crippen molar-refractivity contribution in [2.75, 3.05) is 13.2 Å². The molecule has 3 saturated heterocycles. The Hall–Kier alpha value is -1.46. The van der Waals surface area contributed by atoms with Crippen molar-refractivity contribution in [3.05, 3.63) is 0 Å². The number of unbranched alkanes of at least 4 members (excludes halogenated alkanes) is 18. The van der Waals surface area contributed by atoms with Gasteiger partial charge in [-0.2, -0.15) is 0 Å². The fourth-order valence-electron chi connectivity index (χ4n) is 9.07. The molecule has 64 heavy (non-hydrogen) atoms. The second kappa shape index (κ2) is 31.6. The molecule has 3 rings (SSSR count). The Kier molecular flexibility index (Phi) is 28.0. The first-order valence-electron chi connectivity index (χ1n) is 25.7. The summed E-state index contributed by atoms with van der Waals surface area (Å²) < 4.78 is 35.7. The third-order valence-electron chi connectivity index (χ3n) is 13.6. The molecule has 3 fully saturated rings. The molecule has 0 saturated carbocycles. The van der Waals surface area contributed by atoms with Crippen molar-refractivity contribution < 1.29 is 68.6 Å². The quantitative estimate of drug-likeness (QED) is 0.0369. The normalized spacial score (nSPS) is 33.5. The van der Waals surface area contributed by atoms with Crippen LogP contribution < -0.4 is 0 Å². The van der Waals surface area contributed by atoms with Crippen molar-refractivity contribution in [3.63, 3.8) is 0 Å². The van der Waals surface area contributed by atoms with Crippen LogP contribution in [0, 0.1) is 23.7 Å². The number of esters is 2. The molecule has 14 nitrogen and oxygen atoms in total. The first-order chi connectivity index (χ1) is 30.6. The van der Waals surface area contributed by atoms with Gasteiger partial charge in [0.15, 0.2) is 12.6 Å². The summed E-state index contributed by atoms with van der Waals surface area (Å²) in [5.41, 5.74) is 0. The minimum atomic E-state index is -1.69. The molecular weight excluding hydrogens is 825 g/mol. The number of ether oxygens (including phenoxy) is 6. The number of aliphatic hydroxyl groups is 6. The fraction of sp³-hybridized carbons (Fsp3) is 0.960. The SMILES string of the molecule is CC(C)CCCCCCCCCCCC[C@@H]1O[C@@H]2O[C@H](COC(=O)[C@H](C)[C@@H](CCCCCCCCCCCCC(C)C)O[C@@H]3O[C@H](COC(=O)[C@@H]1C)[C@@H](O)[C@H](O)[C@H]3O)[C@@H](O)[C@H](O)[C@H]2O. The summed E-state index contributed by atoms with van der Waals surface area (Å²) in [6.07, 6.45) is 8.48. The van der Waals surface area contributed by atoms with Gasteiger partial charge >= 0.3 is 11.9 Å². The second-order valence-electron chi connectivity index (χ2n) is 20.2. The largest absolute Gasteiger partial charge is 0.463 e. The zero-order valence-electron chi connectivity index (χ0n) is 40.6. The lowest BCUT2D eigenvalue weighted by Crippen LogP contribution is -2.61. The molecule has 0 aromatic rings. The van der Waals surface area contributed by atoms with Crippen molar-refractivity contribution in [2.45, 2.75) is 269 Å². The van der Waals surface area contributed by atoms with E-state index in [0.29, 0.717) is 25.7 Å². The topological polar surface area (TPSA) is 211 Å². The summed E-state index contributed by atoms with van der Waals surface area (Å²) in [6.45, 7) is 11.3. The first kappa shape index (κ1) is 56.9. The number of cyclic esters (lactones) is 2. The molecule has 0 aromatic carbocycles. The van der Waals surface area contributed by atoms with Crippen LogP contribution in [-0.4, -0.2) is 129 Å². The number of rotatable bonds is 26. The Labute approximate surface area is 385 Å². The highest BCUT2D eigenvalue weighted by molar-refractivity contribution is 5.73. The Morgan fingerprint density at radius 3 is 0.984 bits per heavy atom. The maximum atomic E-state index is 13.6.